The summed E-state index contributed by atoms with van der Waals surface area (Å²) in [7, 11) is 0. The van der Waals surface area contributed by atoms with Gasteiger partial charge in [0.25, 0.3) is 5.89 Å². The number of hydrogen-bond donors (Lipinski definition) is 1. The lowest BCUT2D eigenvalue weighted by atomic mass is 10.1. The molecule has 1 heterocycles. The van der Waals surface area contributed by atoms with E-state index in [1.807, 2.05) is 32.9 Å². The molecule has 0 fully saturated rings. The van der Waals surface area contributed by atoms with Crippen LogP contribution >= 0.6 is 0 Å². The number of phenols is 1. The van der Waals surface area contributed by atoms with Crippen molar-refractivity contribution in [3.8, 4) is 17.2 Å². The van der Waals surface area contributed by atoms with Gasteiger partial charge in [-0.2, -0.15) is 4.98 Å². The van der Waals surface area contributed by atoms with E-state index >= 15 is 0 Å². The highest BCUT2D eigenvalue weighted by Crippen LogP contribution is 2.30. The van der Waals surface area contributed by atoms with E-state index in [0.29, 0.717) is 23.9 Å². The second kappa shape index (κ2) is 5.84. The lowest BCUT2D eigenvalue weighted by molar-refractivity contribution is 0.0518. The van der Waals surface area contributed by atoms with Gasteiger partial charge in [0.1, 0.15) is 11.9 Å². The van der Waals surface area contributed by atoms with Crippen molar-refractivity contribution in [2.45, 2.75) is 33.3 Å². The fourth-order valence-corrected chi connectivity index (χ4v) is 1.87. The summed E-state index contributed by atoms with van der Waals surface area (Å²) in [5.41, 5.74) is 1.56. The van der Waals surface area contributed by atoms with Gasteiger partial charge in [0, 0.05) is 6.61 Å². The van der Waals surface area contributed by atoms with Crippen LogP contribution in [-0.2, 0) is 4.74 Å². The van der Waals surface area contributed by atoms with Gasteiger partial charge >= 0.3 is 0 Å². The smallest absolute Gasteiger partial charge is 0.261 e. The first-order chi connectivity index (χ1) is 9.15. The molecule has 5 nitrogen and oxygen atoms in total. The maximum absolute atomic E-state index is 9.84. The van der Waals surface area contributed by atoms with E-state index in [0.717, 1.165) is 12.0 Å². The van der Waals surface area contributed by atoms with Crippen molar-refractivity contribution in [2.75, 3.05) is 6.61 Å². The van der Waals surface area contributed by atoms with Gasteiger partial charge in [-0.05, 0) is 32.4 Å². The summed E-state index contributed by atoms with van der Waals surface area (Å²) in [4.78, 5) is 4.31. The predicted molar refractivity (Wildman–Crippen MR) is 70.8 cm³/mol. The fourth-order valence-electron chi connectivity index (χ4n) is 1.87. The highest BCUT2D eigenvalue weighted by atomic mass is 16.5. The monoisotopic (exact) mass is 262 g/mol. The Labute approximate surface area is 112 Å². The summed E-state index contributed by atoms with van der Waals surface area (Å²) in [6.07, 6.45) is 0.599. The zero-order valence-electron chi connectivity index (χ0n) is 11.4. The summed E-state index contributed by atoms with van der Waals surface area (Å²) >= 11 is 0. The summed E-state index contributed by atoms with van der Waals surface area (Å²) in [6.45, 7) is 6.46. The van der Waals surface area contributed by atoms with E-state index in [9.17, 15) is 5.11 Å². The second-order valence-electron chi connectivity index (χ2n) is 4.33. The van der Waals surface area contributed by atoms with Crippen LogP contribution in [0.4, 0.5) is 0 Å². The molecule has 1 aromatic heterocycles. The maximum Gasteiger partial charge on any atom is 0.261 e. The zero-order chi connectivity index (χ0) is 13.8. The lowest BCUT2D eigenvalue weighted by Gasteiger charge is -2.09. The third kappa shape index (κ3) is 2.93. The van der Waals surface area contributed by atoms with Crippen LogP contribution < -0.4 is 0 Å². The first-order valence-corrected chi connectivity index (χ1v) is 6.40. The molecule has 5 heteroatoms. The summed E-state index contributed by atoms with van der Waals surface area (Å²) in [5.74, 6) is 0.958. The largest absolute Gasteiger partial charge is 0.507 e. The third-order valence-electron chi connectivity index (χ3n) is 2.85. The van der Waals surface area contributed by atoms with Crippen LogP contribution in [0, 0.1) is 6.92 Å². The Hall–Kier alpha value is -1.88. The van der Waals surface area contributed by atoms with Crippen molar-refractivity contribution in [1.82, 2.24) is 10.1 Å². The van der Waals surface area contributed by atoms with Crippen LogP contribution in [0.15, 0.2) is 22.7 Å². The number of phenolic OH excluding ortho intramolecular Hbond substituents is 1. The number of aromatic nitrogens is 2. The average Bonchev–Trinajstić information content (AvgIpc) is 2.88. The lowest BCUT2D eigenvalue weighted by Crippen LogP contribution is -2.04. The van der Waals surface area contributed by atoms with Crippen LogP contribution in [-0.4, -0.2) is 21.9 Å². The first-order valence-electron chi connectivity index (χ1n) is 6.40. The molecule has 0 spiro atoms. The van der Waals surface area contributed by atoms with Gasteiger partial charge in [-0.25, -0.2) is 0 Å². The minimum Gasteiger partial charge on any atom is -0.507 e. The van der Waals surface area contributed by atoms with Crippen molar-refractivity contribution in [3.63, 3.8) is 0 Å². The molecule has 1 atom stereocenters. The van der Waals surface area contributed by atoms with Gasteiger partial charge in [0.15, 0.2) is 0 Å². The molecule has 2 rings (SSSR count). The number of nitrogens with zero attached hydrogens (tertiary/aromatic N) is 2. The van der Waals surface area contributed by atoms with E-state index in [2.05, 4.69) is 10.1 Å². The number of benzene rings is 1. The van der Waals surface area contributed by atoms with Crippen molar-refractivity contribution >= 4 is 0 Å². The zero-order valence-corrected chi connectivity index (χ0v) is 11.4. The topological polar surface area (TPSA) is 68.4 Å². The molecule has 2 aromatic rings. The highest BCUT2D eigenvalue weighted by Gasteiger charge is 2.19. The van der Waals surface area contributed by atoms with Crippen LogP contribution in [0.2, 0.25) is 0 Å². The van der Waals surface area contributed by atoms with E-state index in [4.69, 9.17) is 9.26 Å². The van der Waals surface area contributed by atoms with Crippen LogP contribution in [0.3, 0.4) is 0 Å². The van der Waals surface area contributed by atoms with E-state index in [1.165, 1.54) is 0 Å². The van der Waals surface area contributed by atoms with E-state index in [-0.39, 0.29) is 11.9 Å². The molecule has 0 amide bonds. The Morgan fingerprint density at radius 1 is 1.37 bits per heavy atom. The number of aromatic hydroxyl groups is 1. The summed E-state index contributed by atoms with van der Waals surface area (Å²) in [5, 5.41) is 13.8. The van der Waals surface area contributed by atoms with Crippen molar-refractivity contribution < 1.29 is 14.4 Å². The Morgan fingerprint density at radius 2 is 2.16 bits per heavy atom. The number of ether oxygens (including phenoxy) is 1. The minimum atomic E-state index is -0.172. The predicted octanol–water partition coefficient (Wildman–Crippen LogP) is 3.24. The average molecular weight is 262 g/mol. The Morgan fingerprint density at radius 3 is 2.84 bits per heavy atom. The quantitative estimate of drug-likeness (QED) is 0.895. The van der Waals surface area contributed by atoms with Gasteiger partial charge in [-0.15, -0.1) is 0 Å². The van der Waals surface area contributed by atoms with Gasteiger partial charge in [-0.3, -0.25) is 0 Å². The van der Waals surface area contributed by atoms with Crippen molar-refractivity contribution in [1.29, 1.82) is 0 Å². The van der Waals surface area contributed by atoms with Gasteiger partial charge < -0.3 is 14.4 Å². The molecular weight excluding hydrogens is 244 g/mol. The Kier molecular flexibility index (Phi) is 4.16. The Bertz CT molecular complexity index is 551. The molecule has 0 bridgehead atoms. The van der Waals surface area contributed by atoms with Crippen molar-refractivity contribution in [3.05, 3.63) is 29.6 Å². The van der Waals surface area contributed by atoms with E-state index in [1.54, 1.807) is 6.07 Å². The Balaban J connectivity index is 2.32. The molecule has 19 heavy (non-hydrogen) atoms. The standard InChI is InChI=1S/C14H18N2O3/c1-4-12(18-5-2)13-15-14(19-16-13)10-8-9(3)6-7-11(10)17/h6-8,12,17H,4-5H2,1-3H3. The molecule has 102 valence electrons. The molecule has 1 N–H and O–H groups in total. The van der Waals surface area contributed by atoms with Crippen LogP contribution in [0.1, 0.15) is 37.8 Å². The number of rotatable bonds is 5. The molecule has 0 saturated carbocycles. The molecule has 1 aromatic carbocycles. The molecule has 0 aliphatic heterocycles. The SMILES string of the molecule is CCOC(CC)c1noc(-c2cc(C)ccc2O)n1. The van der Waals surface area contributed by atoms with Crippen LogP contribution in [0.25, 0.3) is 11.5 Å². The summed E-state index contributed by atoms with van der Waals surface area (Å²) in [6, 6.07) is 5.26. The maximum atomic E-state index is 9.84. The molecule has 1 unspecified atom stereocenters. The summed E-state index contributed by atoms with van der Waals surface area (Å²) < 4.78 is 10.7. The van der Waals surface area contributed by atoms with Crippen LogP contribution in [0.5, 0.6) is 5.75 Å². The van der Waals surface area contributed by atoms with E-state index < -0.39 is 0 Å². The first kappa shape index (κ1) is 13.5. The van der Waals surface area contributed by atoms with Gasteiger partial charge in [-0.1, -0.05) is 23.7 Å². The highest BCUT2D eigenvalue weighted by molar-refractivity contribution is 5.63. The number of hydrogen-bond acceptors (Lipinski definition) is 5. The number of aryl methyl sites for hydroxylation is 1. The van der Waals surface area contributed by atoms with Gasteiger partial charge in [0.05, 0.1) is 5.56 Å². The van der Waals surface area contributed by atoms with Crippen molar-refractivity contribution in [2.24, 2.45) is 0 Å². The molecule has 0 aliphatic carbocycles. The second-order valence-corrected chi connectivity index (χ2v) is 4.33. The third-order valence-corrected chi connectivity index (χ3v) is 2.85. The molecular formula is C14H18N2O3. The molecule has 0 aliphatic rings. The van der Waals surface area contributed by atoms with Gasteiger partial charge in [0.2, 0.25) is 5.82 Å². The fraction of sp³-hybridized carbons (Fsp3) is 0.429. The normalized spacial score (nSPS) is 12.6. The molecule has 0 saturated heterocycles. The minimum absolute atomic E-state index is 0.130. The molecule has 0 radical (unpaired) electrons.